The van der Waals surface area contributed by atoms with E-state index in [1.165, 1.54) is 23.4 Å². The van der Waals surface area contributed by atoms with Crippen LogP contribution in [-0.4, -0.2) is 31.9 Å². The van der Waals surface area contributed by atoms with E-state index in [9.17, 15) is 0 Å². The molecule has 3 aliphatic rings. The molecule has 2 heterocycles. The molecule has 0 bridgehead atoms. The fourth-order valence-corrected chi connectivity index (χ4v) is 5.27. The van der Waals surface area contributed by atoms with Gasteiger partial charge in [-0.05, 0) is 30.2 Å². The molecule has 2 aromatic carbocycles. The van der Waals surface area contributed by atoms with Gasteiger partial charge in [-0.15, -0.1) is 0 Å². The van der Waals surface area contributed by atoms with Crippen LogP contribution in [0.15, 0.2) is 64.6 Å². The number of benzene rings is 2. The van der Waals surface area contributed by atoms with Gasteiger partial charge in [0.05, 0.1) is 0 Å². The Morgan fingerprint density at radius 3 is 2.15 bits per heavy atom. The molecule has 1 saturated heterocycles. The lowest BCUT2D eigenvalue weighted by molar-refractivity contribution is 0.378. The third-order valence-corrected chi connectivity index (χ3v) is 6.79. The van der Waals surface area contributed by atoms with Crippen molar-refractivity contribution in [1.82, 2.24) is 0 Å². The van der Waals surface area contributed by atoms with E-state index in [1.54, 1.807) is 0 Å². The van der Waals surface area contributed by atoms with E-state index < -0.39 is 0 Å². The smallest absolute Gasteiger partial charge is 0.173 e. The summed E-state index contributed by atoms with van der Waals surface area (Å²) in [6.45, 7) is 4.83. The van der Waals surface area contributed by atoms with Crippen molar-refractivity contribution in [3.8, 4) is 0 Å². The van der Waals surface area contributed by atoms with Crippen molar-refractivity contribution >= 4 is 23.0 Å². The number of fused-ring (bicyclic) bond motifs is 6. The Labute approximate surface area is 154 Å². The minimum atomic E-state index is 0.152. The molecule has 4 heteroatoms. The summed E-state index contributed by atoms with van der Waals surface area (Å²) in [7, 11) is 3.74. The number of rotatable bonds is 1. The van der Waals surface area contributed by atoms with E-state index in [-0.39, 0.29) is 17.0 Å². The fourth-order valence-electron chi connectivity index (χ4n) is 5.27. The van der Waals surface area contributed by atoms with Gasteiger partial charge in [0.1, 0.15) is 6.17 Å². The quantitative estimate of drug-likeness (QED) is 0.781. The van der Waals surface area contributed by atoms with Crippen LogP contribution in [0.4, 0.5) is 11.4 Å². The Kier molecular flexibility index (Phi) is 2.98. The van der Waals surface area contributed by atoms with E-state index in [0.29, 0.717) is 0 Å². The summed E-state index contributed by atoms with van der Waals surface area (Å²) in [6, 6.07) is 19.4. The lowest BCUT2D eigenvalue weighted by Crippen LogP contribution is -2.51. The largest absolute Gasteiger partial charge is 0.302 e. The van der Waals surface area contributed by atoms with Gasteiger partial charge in [0.25, 0.3) is 0 Å². The number of para-hydroxylation sites is 2. The van der Waals surface area contributed by atoms with Gasteiger partial charge in [0.15, 0.2) is 11.7 Å². The SMILES string of the molecule is CN=C1C(=NC)N2c3ccccc3C3(C)CC3(C)C2N1c1ccccc1. The van der Waals surface area contributed by atoms with Crippen molar-refractivity contribution in [2.24, 2.45) is 15.4 Å². The maximum Gasteiger partial charge on any atom is 0.173 e. The van der Waals surface area contributed by atoms with Gasteiger partial charge in [0, 0.05) is 36.3 Å². The molecule has 0 radical (unpaired) electrons. The average molecular weight is 344 g/mol. The first-order valence-corrected chi connectivity index (χ1v) is 9.24. The maximum atomic E-state index is 4.68. The van der Waals surface area contributed by atoms with Crippen LogP contribution in [0.5, 0.6) is 0 Å². The Balaban J connectivity index is 1.80. The molecule has 5 rings (SSSR count). The molecular weight excluding hydrogens is 320 g/mol. The zero-order valence-electron chi connectivity index (χ0n) is 15.8. The molecule has 2 aromatic rings. The van der Waals surface area contributed by atoms with Crippen molar-refractivity contribution in [2.45, 2.75) is 31.8 Å². The van der Waals surface area contributed by atoms with E-state index in [2.05, 4.69) is 88.2 Å². The summed E-state index contributed by atoms with van der Waals surface area (Å²) in [5.74, 6) is 1.92. The zero-order chi connectivity index (χ0) is 18.1. The van der Waals surface area contributed by atoms with Crippen LogP contribution in [0, 0.1) is 5.41 Å². The molecule has 2 aliphatic heterocycles. The van der Waals surface area contributed by atoms with Crippen molar-refractivity contribution in [1.29, 1.82) is 0 Å². The van der Waals surface area contributed by atoms with Gasteiger partial charge < -0.3 is 9.80 Å². The number of hydrogen-bond acceptors (Lipinski definition) is 2. The Bertz CT molecular complexity index is 948. The fraction of sp³-hybridized carbons (Fsp3) is 0.364. The van der Waals surface area contributed by atoms with Crippen molar-refractivity contribution in [3.05, 3.63) is 60.2 Å². The van der Waals surface area contributed by atoms with Gasteiger partial charge in [-0.1, -0.05) is 50.2 Å². The van der Waals surface area contributed by atoms with Crippen molar-refractivity contribution in [3.63, 3.8) is 0 Å². The van der Waals surface area contributed by atoms with Crippen LogP contribution in [0.25, 0.3) is 0 Å². The molecule has 3 unspecified atom stereocenters. The highest BCUT2D eigenvalue weighted by molar-refractivity contribution is 6.53. The molecule has 3 atom stereocenters. The lowest BCUT2D eigenvalue weighted by atomic mass is 9.81. The molecule has 26 heavy (non-hydrogen) atoms. The van der Waals surface area contributed by atoms with Gasteiger partial charge in [-0.2, -0.15) is 0 Å². The Morgan fingerprint density at radius 1 is 0.846 bits per heavy atom. The summed E-state index contributed by atoms with van der Waals surface area (Å²) < 4.78 is 0. The highest BCUT2D eigenvalue weighted by atomic mass is 15.5. The van der Waals surface area contributed by atoms with Crippen LogP contribution in [0.3, 0.4) is 0 Å². The molecule has 2 fully saturated rings. The molecule has 1 aliphatic carbocycles. The molecule has 0 amide bonds. The number of anilines is 2. The highest BCUT2D eigenvalue weighted by Gasteiger charge is 2.73. The van der Waals surface area contributed by atoms with Gasteiger partial charge in [0.2, 0.25) is 0 Å². The van der Waals surface area contributed by atoms with Crippen molar-refractivity contribution < 1.29 is 0 Å². The van der Waals surface area contributed by atoms with Crippen LogP contribution < -0.4 is 9.80 Å². The lowest BCUT2D eigenvalue weighted by Gasteiger charge is -2.43. The summed E-state index contributed by atoms with van der Waals surface area (Å²) >= 11 is 0. The summed E-state index contributed by atoms with van der Waals surface area (Å²) in [5.41, 5.74) is 4.23. The van der Waals surface area contributed by atoms with E-state index in [0.717, 1.165) is 11.7 Å². The Morgan fingerprint density at radius 2 is 1.46 bits per heavy atom. The predicted octanol–water partition coefficient (Wildman–Crippen LogP) is 4.08. The van der Waals surface area contributed by atoms with Crippen LogP contribution in [-0.2, 0) is 5.41 Å². The molecular formula is C22H24N4. The number of nitrogens with zero attached hydrogens (tertiary/aromatic N) is 4. The second-order valence-corrected chi connectivity index (χ2v) is 7.99. The normalized spacial score (nSPS) is 34.7. The van der Waals surface area contributed by atoms with Gasteiger partial charge >= 0.3 is 0 Å². The van der Waals surface area contributed by atoms with Crippen LogP contribution >= 0.6 is 0 Å². The monoisotopic (exact) mass is 344 g/mol. The summed E-state index contributed by atoms with van der Waals surface area (Å²) in [4.78, 5) is 14.2. The minimum Gasteiger partial charge on any atom is -0.302 e. The van der Waals surface area contributed by atoms with E-state index in [1.807, 2.05) is 14.1 Å². The molecule has 1 saturated carbocycles. The van der Waals surface area contributed by atoms with Crippen molar-refractivity contribution in [2.75, 3.05) is 23.9 Å². The summed E-state index contributed by atoms with van der Waals surface area (Å²) in [5, 5.41) is 0. The number of amidine groups is 2. The third kappa shape index (κ3) is 1.65. The molecule has 0 spiro atoms. The zero-order valence-corrected chi connectivity index (χ0v) is 15.8. The predicted molar refractivity (Wildman–Crippen MR) is 108 cm³/mol. The van der Waals surface area contributed by atoms with Crippen LogP contribution in [0.1, 0.15) is 25.8 Å². The molecule has 0 aromatic heterocycles. The van der Waals surface area contributed by atoms with Gasteiger partial charge in [-0.25, -0.2) is 0 Å². The Hall–Kier alpha value is -2.62. The maximum absolute atomic E-state index is 4.68. The standard InChI is InChI=1S/C22H24N4/c1-21-14-22(21,2)20-25(15-10-6-5-7-11-15)18(23-3)19(24-4)26(20)17-13-9-8-12-16(17)21/h5-13,20H,14H2,1-4H3. The second-order valence-electron chi connectivity index (χ2n) is 7.99. The topological polar surface area (TPSA) is 31.2 Å². The molecule has 132 valence electrons. The average Bonchev–Trinajstić information content (AvgIpc) is 3.11. The first-order valence-electron chi connectivity index (χ1n) is 9.24. The molecule has 0 N–H and O–H groups in total. The highest BCUT2D eigenvalue weighted by Crippen LogP contribution is 2.72. The van der Waals surface area contributed by atoms with Crippen LogP contribution in [0.2, 0.25) is 0 Å². The first-order chi connectivity index (χ1) is 12.6. The molecule has 4 nitrogen and oxygen atoms in total. The minimum absolute atomic E-state index is 0.152. The second kappa shape index (κ2) is 4.97. The summed E-state index contributed by atoms with van der Waals surface area (Å²) in [6.07, 6.45) is 1.37. The van der Waals surface area contributed by atoms with Gasteiger partial charge in [-0.3, -0.25) is 9.98 Å². The number of aliphatic imine (C=N–C) groups is 2. The first kappa shape index (κ1) is 15.6. The number of hydrogen-bond donors (Lipinski definition) is 0. The third-order valence-electron chi connectivity index (χ3n) is 6.79. The van der Waals surface area contributed by atoms with E-state index >= 15 is 0 Å². The van der Waals surface area contributed by atoms with E-state index in [4.69, 9.17) is 0 Å².